The molecule has 4 heteroatoms. The molecule has 1 unspecified atom stereocenters. The van der Waals surface area contributed by atoms with Gasteiger partial charge >= 0.3 is 0 Å². The van der Waals surface area contributed by atoms with Crippen LogP contribution in [0.4, 0.5) is 0 Å². The maximum Gasteiger partial charge on any atom is 0.0794 e. The fraction of sp³-hybridized carbons (Fsp3) is 0.417. The highest BCUT2D eigenvalue weighted by atomic mass is 32.1. The highest BCUT2D eigenvalue weighted by molar-refractivity contribution is 7.09. The molecule has 2 aromatic rings. The zero-order valence-corrected chi connectivity index (χ0v) is 9.91. The molecule has 0 aromatic carbocycles. The van der Waals surface area contributed by atoms with Crippen molar-refractivity contribution in [1.82, 2.24) is 9.55 Å². The molecule has 0 bridgehead atoms. The molecule has 2 aromatic heterocycles. The molecular weight excluding hydrogens is 218 g/mol. The molecule has 1 aliphatic carbocycles. The number of aromatic nitrogens is 2. The van der Waals surface area contributed by atoms with Crippen molar-refractivity contribution in [3.05, 3.63) is 40.1 Å². The zero-order valence-electron chi connectivity index (χ0n) is 9.10. The van der Waals surface area contributed by atoms with E-state index < -0.39 is 0 Å². The van der Waals surface area contributed by atoms with E-state index in [9.17, 15) is 0 Å². The Morgan fingerprint density at radius 2 is 2.50 bits per heavy atom. The molecule has 0 saturated carbocycles. The minimum Gasteiger partial charge on any atom is -0.346 e. The lowest BCUT2D eigenvalue weighted by atomic mass is 9.94. The first-order valence-electron chi connectivity index (χ1n) is 5.65. The summed E-state index contributed by atoms with van der Waals surface area (Å²) >= 11 is 1.71. The third-order valence-electron chi connectivity index (χ3n) is 3.25. The van der Waals surface area contributed by atoms with Crippen molar-refractivity contribution in [2.24, 2.45) is 5.73 Å². The first-order valence-corrected chi connectivity index (χ1v) is 6.53. The lowest BCUT2D eigenvalue weighted by molar-refractivity contribution is 0.548. The molecule has 0 radical (unpaired) electrons. The van der Waals surface area contributed by atoms with Crippen molar-refractivity contribution in [2.75, 3.05) is 0 Å². The normalized spacial score (nSPS) is 19.7. The van der Waals surface area contributed by atoms with Crippen molar-refractivity contribution in [3.63, 3.8) is 0 Å². The third kappa shape index (κ3) is 1.68. The lowest BCUT2D eigenvalue weighted by Crippen LogP contribution is -2.18. The van der Waals surface area contributed by atoms with E-state index in [1.165, 1.54) is 22.6 Å². The van der Waals surface area contributed by atoms with Crippen LogP contribution in [0, 0.1) is 0 Å². The first-order chi connectivity index (χ1) is 7.84. The van der Waals surface area contributed by atoms with Crippen molar-refractivity contribution in [2.45, 2.75) is 31.8 Å². The molecule has 0 saturated heterocycles. The van der Waals surface area contributed by atoms with Crippen LogP contribution < -0.4 is 5.73 Å². The van der Waals surface area contributed by atoms with Crippen LogP contribution in [0.15, 0.2) is 24.0 Å². The highest BCUT2D eigenvalue weighted by Gasteiger charge is 2.19. The second-order valence-corrected chi connectivity index (χ2v) is 5.28. The maximum absolute atomic E-state index is 6.11. The molecule has 0 aliphatic heterocycles. The van der Waals surface area contributed by atoms with Gasteiger partial charge in [-0.2, -0.15) is 0 Å². The number of hydrogen-bond donors (Lipinski definition) is 1. The Morgan fingerprint density at radius 3 is 3.31 bits per heavy atom. The maximum atomic E-state index is 6.11. The molecule has 0 amide bonds. The fourth-order valence-electron chi connectivity index (χ4n) is 2.43. The van der Waals surface area contributed by atoms with Crippen LogP contribution in [-0.4, -0.2) is 9.55 Å². The van der Waals surface area contributed by atoms with Gasteiger partial charge in [-0.3, -0.25) is 4.98 Å². The number of fused-ring (bicyclic) bond motifs is 1. The number of hydrogen-bond acceptors (Lipinski definition) is 3. The summed E-state index contributed by atoms with van der Waals surface area (Å²) in [6.07, 6.45) is 7.60. The third-order valence-corrected chi connectivity index (χ3v) is 4.02. The van der Waals surface area contributed by atoms with Gasteiger partial charge in [-0.05, 0) is 30.9 Å². The van der Waals surface area contributed by atoms with Gasteiger partial charge in [0.2, 0.25) is 0 Å². The van der Waals surface area contributed by atoms with E-state index in [-0.39, 0.29) is 6.04 Å². The van der Waals surface area contributed by atoms with Crippen LogP contribution in [0.3, 0.4) is 0 Å². The highest BCUT2D eigenvalue weighted by Crippen LogP contribution is 2.29. The predicted octanol–water partition coefficient (Wildman–Crippen LogP) is 2.33. The second-order valence-electron chi connectivity index (χ2n) is 4.31. The Labute approximate surface area is 98.9 Å². The summed E-state index contributed by atoms with van der Waals surface area (Å²) in [5, 5.41) is 0. The summed E-state index contributed by atoms with van der Waals surface area (Å²) in [5.74, 6) is 0. The summed E-state index contributed by atoms with van der Waals surface area (Å²) in [6, 6.07) is 2.42. The average Bonchev–Trinajstić information content (AvgIpc) is 2.90. The molecule has 16 heavy (non-hydrogen) atoms. The standard InChI is InChI=1S/C12H15N3S/c13-11-2-1-3-12-10(11)4-5-15(12)7-9-6-14-8-16-9/h4-6,8,11H,1-3,7,13H2. The molecule has 3 nitrogen and oxygen atoms in total. The number of rotatable bonds is 2. The Kier molecular flexibility index (Phi) is 2.53. The van der Waals surface area contributed by atoms with Gasteiger partial charge in [0, 0.05) is 29.0 Å². The molecule has 1 aliphatic rings. The van der Waals surface area contributed by atoms with Gasteiger partial charge in [-0.25, -0.2) is 0 Å². The van der Waals surface area contributed by atoms with Crippen LogP contribution in [0.1, 0.15) is 35.0 Å². The van der Waals surface area contributed by atoms with Gasteiger partial charge < -0.3 is 10.3 Å². The van der Waals surface area contributed by atoms with Crippen LogP contribution in [-0.2, 0) is 13.0 Å². The van der Waals surface area contributed by atoms with Gasteiger partial charge in [0.05, 0.1) is 12.1 Å². The molecule has 2 N–H and O–H groups in total. The van der Waals surface area contributed by atoms with E-state index in [4.69, 9.17) is 5.73 Å². The molecule has 84 valence electrons. The Bertz CT molecular complexity index is 472. The van der Waals surface area contributed by atoms with E-state index in [1.807, 2.05) is 11.7 Å². The summed E-state index contributed by atoms with van der Waals surface area (Å²) in [4.78, 5) is 5.41. The van der Waals surface area contributed by atoms with Crippen molar-refractivity contribution in [3.8, 4) is 0 Å². The van der Waals surface area contributed by atoms with Crippen LogP contribution in [0.25, 0.3) is 0 Å². The molecule has 1 atom stereocenters. The van der Waals surface area contributed by atoms with Crippen molar-refractivity contribution >= 4 is 11.3 Å². The Morgan fingerprint density at radius 1 is 1.56 bits per heavy atom. The lowest BCUT2D eigenvalue weighted by Gasteiger charge is -2.20. The molecular formula is C12H15N3S. The van der Waals surface area contributed by atoms with Gasteiger partial charge in [0.25, 0.3) is 0 Å². The topological polar surface area (TPSA) is 43.8 Å². The quantitative estimate of drug-likeness (QED) is 0.865. The number of nitrogens with two attached hydrogens (primary N) is 1. The van der Waals surface area contributed by atoms with Crippen LogP contribution in [0.5, 0.6) is 0 Å². The van der Waals surface area contributed by atoms with E-state index >= 15 is 0 Å². The smallest absolute Gasteiger partial charge is 0.0794 e. The van der Waals surface area contributed by atoms with E-state index in [2.05, 4.69) is 21.8 Å². The summed E-state index contributed by atoms with van der Waals surface area (Å²) in [6.45, 7) is 0.937. The second kappa shape index (κ2) is 4.03. The van der Waals surface area contributed by atoms with Crippen LogP contribution in [0.2, 0.25) is 0 Å². The summed E-state index contributed by atoms with van der Waals surface area (Å²) in [7, 11) is 0. The van der Waals surface area contributed by atoms with Gasteiger partial charge in [0.15, 0.2) is 0 Å². The minimum absolute atomic E-state index is 0.242. The Hall–Kier alpha value is -1.13. The van der Waals surface area contributed by atoms with E-state index in [1.54, 1.807) is 11.3 Å². The van der Waals surface area contributed by atoms with Crippen molar-refractivity contribution < 1.29 is 0 Å². The molecule has 2 heterocycles. The first kappa shape index (κ1) is 10.1. The average molecular weight is 233 g/mol. The number of nitrogens with zero attached hydrogens (tertiary/aromatic N) is 2. The van der Waals surface area contributed by atoms with Crippen molar-refractivity contribution in [1.29, 1.82) is 0 Å². The monoisotopic (exact) mass is 233 g/mol. The van der Waals surface area contributed by atoms with Gasteiger partial charge in [0.1, 0.15) is 0 Å². The fourth-order valence-corrected chi connectivity index (χ4v) is 3.02. The SMILES string of the molecule is NC1CCCc2c1ccn2Cc1cncs1. The van der Waals surface area contributed by atoms with E-state index in [0.29, 0.717) is 0 Å². The minimum atomic E-state index is 0.242. The van der Waals surface area contributed by atoms with Gasteiger partial charge in [-0.15, -0.1) is 11.3 Å². The van der Waals surface area contributed by atoms with E-state index in [0.717, 1.165) is 19.4 Å². The molecule has 0 fully saturated rings. The summed E-state index contributed by atoms with van der Waals surface area (Å²) < 4.78 is 2.32. The molecule has 3 rings (SSSR count). The van der Waals surface area contributed by atoms with Crippen LogP contribution >= 0.6 is 11.3 Å². The largest absolute Gasteiger partial charge is 0.346 e. The summed E-state index contributed by atoms with van der Waals surface area (Å²) in [5.41, 5.74) is 10.8. The number of thiazole rings is 1. The predicted molar refractivity (Wildman–Crippen MR) is 65.5 cm³/mol. The molecule has 0 spiro atoms. The Balaban J connectivity index is 1.91. The zero-order chi connectivity index (χ0) is 11.0. The van der Waals surface area contributed by atoms with Gasteiger partial charge in [-0.1, -0.05) is 0 Å².